The van der Waals surface area contributed by atoms with Gasteiger partial charge in [0.05, 0.1) is 11.3 Å². The molecule has 4 amide bonds. The molecule has 1 aliphatic heterocycles. The van der Waals surface area contributed by atoms with E-state index in [1.165, 1.54) is 13.0 Å². The van der Waals surface area contributed by atoms with Crippen LogP contribution in [0.25, 0.3) is 0 Å². The molecule has 2 aromatic rings. The first-order valence-corrected chi connectivity index (χ1v) is 9.17. The number of benzene rings is 2. The third kappa shape index (κ3) is 4.11. The second-order valence-electron chi connectivity index (χ2n) is 7.05. The number of aryl methyl sites for hydroxylation is 1. The molecule has 0 saturated carbocycles. The highest BCUT2D eigenvalue weighted by Crippen LogP contribution is 2.36. The Morgan fingerprint density at radius 2 is 1.80 bits per heavy atom. The fourth-order valence-electron chi connectivity index (χ4n) is 3.12. The van der Waals surface area contributed by atoms with Crippen LogP contribution in [0, 0.1) is 6.92 Å². The van der Waals surface area contributed by atoms with Crippen molar-refractivity contribution in [3.05, 3.63) is 64.2 Å². The van der Waals surface area contributed by atoms with Crippen LogP contribution in [-0.2, 0) is 21.3 Å². The minimum absolute atomic E-state index is 0.150. The van der Waals surface area contributed by atoms with Gasteiger partial charge >= 0.3 is 12.2 Å². The fourth-order valence-corrected chi connectivity index (χ4v) is 3.29. The maximum atomic E-state index is 13.2. The molecule has 0 bridgehead atoms. The summed E-state index contributed by atoms with van der Waals surface area (Å²) in [6, 6.07) is 8.97. The first-order valence-electron chi connectivity index (χ1n) is 8.79. The van der Waals surface area contributed by atoms with E-state index >= 15 is 0 Å². The molecule has 0 radical (unpaired) electrons. The SMILES string of the molecule is Cc1ccc([C@@]2(C)NC(=O)N(CC(=O)Nc3ccc(Cl)cc3C(F)(F)F)C2=O)cc1. The standard InChI is InChI=1S/C20H17ClF3N3O3/c1-11-3-5-12(6-4-11)19(2)17(29)27(18(30)26-19)10-16(28)25-15-8-7-13(21)9-14(15)20(22,23)24/h3-9H,10H2,1-2H3,(H,25,28)(H,26,30)/t19-/m1/s1. The summed E-state index contributed by atoms with van der Waals surface area (Å²) in [6.45, 7) is 2.62. The lowest BCUT2D eigenvalue weighted by molar-refractivity contribution is -0.137. The third-order valence-corrected chi connectivity index (χ3v) is 5.00. The zero-order valence-electron chi connectivity index (χ0n) is 15.9. The van der Waals surface area contributed by atoms with E-state index in [-0.39, 0.29) is 5.02 Å². The van der Waals surface area contributed by atoms with Gasteiger partial charge in [-0.1, -0.05) is 41.4 Å². The Morgan fingerprint density at radius 1 is 1.17 bits per heavy atom. The largest absolute Gasteiger partial charge is 0.418 e. The van der Waals surface area contributed by atoms with Crippen molar-refractivity contribution in [1.29, 1.82) is 0 Å². The van der Waals surface area contributed by atoms with Crippen LogP contribution in [0.5, 0.6) is 0 Å². The van der Waals surface area contributed by atoms with Gasteiger partial charge in [-0.05, 0) is 37.6 Å². The van der Waals surface area contributed by atoms with E-state index in [4.69, 9.17) is 11.6 Å². The second-order valence-corrected chi connectivity index (χ2v) is 7.48. The number of anilines is 1. The van der Waals surface area contributed by atoms with Gasteiger partial charge in [-0.2, -0.15) is 13.2 Å². The van der Waals surface area contributed by atoms with E-state index in [2.05, 4.69) is 10.6 Å². The molecule has 0 aromatic heterocycles. The summed E-state index contributed by atoms with van der Waals surface area (Å²) in [4.78, 5) is 38.2. The van der Waals surface area contributed by atoms with Crippen LogP contribution >= 0.6 is 11.6 Å². The molecular formula is C20H17ClF3N3O3. The normalized spacial score (nSPS) is 19.1. The van der Waals surface area contributed by atoms with Crippen molar-refractivity contribution in [3.8, 4) is 0 Å². The number of hydrogen-bond acceptors (Lipinski definition) is 3. The number of nitrogens with zero attached hydrogens (tertiary/aromatic N) is 1. The Labute approximate surface area is 175 Å². The first-order chi connectivity index (χ1) is 13.9. The summed E-state index contributed by atoms with van der Waals surface area (Å²) in [5, 5.41) is 4.48. The first kappa shape index (κ1) is 21.6. The highest BCUT2D eigenvalue weighted by atomic mass is 35.5. The Kier molecular flexibility index (Phi) is 5.51. The number of carbonyl (C=O) groups excluding carboxylic acids is 3. The average molecular weight is 440 g/mol. The van der Waals surface area contributed by atoms with Gasteiger partial charge in [0, 0.05) is 5.02 Å². The summed E-state index contributed by atoms with van der Waals surface area (Å²) < 4.78 is 39.6. The van der Waals surface area contributed by atoms with Gasteiger partial charge in [0.15, 0.2) is 0 Å². The van der Waals surface area contributed by atoms with Crippen LogP contribution in [0.1, 0.15) is 23.6 Å². The summed E-state index contributed by atoms with van der Waals surface area (Å²) >= 11 is 5.62. The van der Waals surface area contributed by atoms with Crippen molar-refractivity contribution in [2.75, 3.05) is 11.9 Å². The minimum atomic E-state index is -4.75. The molecule has 6 nitrogen and oxygen atoms in total. The van der Waals surface area contributed by atoms with Gasteiger partial charge in [0.1, 0.15) is 12.1 Å². The Bertz CT molecular complexity index is 1020. The molecular weight excluding hydrogens is 423 g/mol. The number of halogens is 4. The fraction of sp³-hybridized carbons (Fsp3) is 0.250. The molecule has 3 rings (SSSR count). The lowest BCUT2D eigenvalue weighted by Gasteiger charge is -2.22. The van der Waals surface area contributed by atoms with Crippen molar-refractivity contribution < 1.29 is 27.6 Å². The summed E-state index contributed by atoms with van der Waals surface area (Å²) in [5.41, 5.74) is -1.57. The topological polar surface area (TPSA) is 78.5 Å². The van der Waals surface area contributed by atoms with E-state index in [9.17, 15) is 27.6 Å². The van der Waals surface area contributed by atoms with E-state index in [1.807, 2.05) is 6.92 Å². The van der Waals surface area contributed by atoms with Crippen molar-refractivity contribution in [2.24, 2.45) is 0 Å². The number of alkyl halides is 3. The Balaban J connectivity index is 1.79. The molecule has 10 heteroatoms. The van der Waals surface area contributed by atoms with Crippen LogP contribution in [0.15, 0.2) is 42.5 Å². The quantitative estimate of drug-likeness (QED) is 0.705. The van der Waals surface area contributed by atoms with Crippen LogP contribution < -0.4 is 10.6 Å². The summed E-state index contributed by atoms with van der Waals surface area (Å²) in [7, 11) is 0. The predicted molar refractivity (Wildman–Crippen MR) is 104 cm³/mol. The molecule has 2 aromatic carbocycles. The van der Waals surface area contributed by atoms with E-state index < -0.39 is 47.4 Å². The van der Waals surface area contributed by atoms with Crippen LogP contribution in [0.2, 0.25) is 5.02 Å². The lowest BCUT2D eigenvalue weighted by Crippen LogP contribution is -2.42. The number of rotatable bonds is 4. The summed E-state index contributed by atoms with van der Waals surface area (Å²) in [6.07, 6.45) is -4.75. The van der Waals surface area contributed by atoms with Crippen molar-refractivity contribution >= 4 is 35.1 Å². The highest BCUT2D eigenvalue weighted by molar-refractivity contribution is 6.30. The molecule has 1 fully saturated rings. The molecule has 1 saturated heterocycles. The maximum Gasteiger partial charge on any atom is 0.418 e. The maximum absolute atomic E-state index is 13.2. The van der Waals surface area contributed by atoms with Gasteiger partial charge in [0.2, 0.25) is 5.91 Å². The average Bonchev–Trinajstić information content (AvgIpc) is 2.87. The monoisotopic (exact) mass is 439 g/mol. The molecule has 158 valence electrons. The van der Waals surface area contributed by atoms with Crippen LogP contribution in [-0.4, -0.2) is 29.3 Å². The number of urea groups is 1. The van der Waals surface area contributed by atoms with Crippen LogP contribution in [0.4, 0.5) is 23.7 Å². The van der Waals surface area contributed by atoms with Crippen molar-refractivity contribution in [2.45, 2.75) is 25.6 Å². The lowest BCUT2D eigenvalue weighted by atomic mass is 9.91. The van der Waals surface area contributed by atoms with E-state index in [0.717, 1.165) is 11.6 Å². The summed E-state index contributed by atoms with van der Waals surface area (Å²) in [5.74, 6) is -1.64. The smallest absolute Gasteiger partial charge is 0.324 e. The number of carbonyl (C=O) groups is 3. The predicted octanol–water partition coefficient (Wildman–Crippen LogP) is 4.07. The molecule has 1 atom stereocenters. The molecule has 2 N–H and O–H groups in total. The molecule has 1 aliphatic rings. The molecule has 30 heavy (non-hydrogen) atoms. The molecule has 1 heterocycles. The van der Waals surface area contributed by atoms with Gasteiger partial charge in [-0.15, -0.1) is 0 Å². The number of imide groups is 1. The Morgan fingerprint density at radius 3 is 2.40 bits per heavy atom. The van der Waals surface area contributed by atoms with Crippen molar-refractivity contribution in [1.82, 2.24) is 10.2 Å². The number of amides is 4. The van der Waals surface area contributed by atoms with Crippen LogP contribution in [0.3, 0.4) is 0 Å². The minimum Gasteiger partial charge on any atom is -0.324 e. The highest BCUT2D eigenvalue weighted by Gasteiger charge is 2.49. The van der Waals surface area contributed by atoms with Gasteiger partial charge in [0.25, 0.3) is 5.91 Å². The second kappa shape index (κ2) is 7.64. The van der Waals surface area contributed by atoms with Gasteiger partial charge < -0.3 is 10.6 Å². The van der Waals surface area contributed by atoms with Gasteiger partial charge in [-0.3, -0.25) is 14.5 Å². The Hall–Kier alpha value is -3.07. The van der Waals surface area contributed by atoms with E-state index in [0.29, 0.717) is 16.5 Å². The molecule has 0 aliphatic carbocycles. The zero-order chi connectivity index (χ0) is 22.3. The third-order valence-electron chi connectivity index (χ3n) is 4.77. The van der Waals surface area contributed by atoms with Gasteiger partial charge in [-0.25, -0.2) is 4.79 Å². The number of hydrogen-bond donors (Lipinski definition) is 2. The molecule has 0 spiro atoms. The van der Waals surface area contributed by atoms with E-state index in [1.54, 1.807) is 24.3 Å². The van der Waals surface area contributed by atoms with Crippen molar-refractivity contribution in [3.63, 3.8) is 0 Å². The number of nitrogens with one attached hydrogen (secondary N) is 2. The zero-order valence-corrected chi connectivity index (χ0v) is 16.7. The molecule has 0 unspecified atom stereocenters.